The standard InChI is InChI=1S/C13H16F2N2O/c1-8(4-9-5-13(16)17-7-9)18-10-2-3-11(14)12(15)6-10/h2-3,5-6,8-9,17H,4,7,16H2,1H3/t8-,9-/m0/s1. The van der Waals surface area contributed by atoms with Crippen LogP contribution < -0.4 is 15.8 Å². The number of ether oxygens (including phenoxy) is 1. The van der Waals surface area contributed by atoms with Crippen molar-refractivity contribution in [2.24, 2.45) is 11.7 Å². The Morgan fingerprint density at radius 2 is 2.22 bits per heavy atom. The van der Waals surface area contributed by atoms with Crippen LogP contribution in [-0.4, -0.2) is 12.6 Å². The molecule has 1 aliphatic rings. The van der Waals surface area contributed by atoms with E-state index in [9.17, 15) is 8.78 Å². The maximum atomic E-state index is 13.0. The summed E-state index contributed by atoms with van der Waals surface area (Å²) in [6.45, 7) is 2.68. The van der Waals surface area contributed by atoms with Crippen molar-refractivity contribution in [1.29, 1.82) is 0 Å². The van der Waals surface area contributed by atoms with Crippen molar-refractivity contribution in [3.63, 3.8) is 0 Å². The highest BCUT2D eigenvalue weighted by Gasteiger charge is 2.17. The lowest BCUT2D eigenvalue weighted by Gasteiger charge is -2.17. The van der Waals surface area contributed by atoms with Crippen molar-refractivity contribution in [1.82, 2.24) is 5.32 Å². The summed E-state index contributed by atoms with van der Waals surface area (Å²) in [5.41, 5.74) is 5.61. The number of nitrogens with one attached hydrogen (secondary N) is 1. The number of halogens is 2. The first kappa shape index (κ1) is 12.7. The number of nitrogens with two attached hydrogens (primary N) is 1. The lowest BCUT2D eigenvalue weighted by Crippen LogP contribution is -2.21. The second kappa shape index (κ2) is 5.25. The van der Waals surface area contributed by atoms with Crippen LogP contribution in [0.5, 0.6) is 5.75 Å². The minimum absolute atomic E-state index is 0.0937. The fraction of sp³-hybridized carbons (Fsp3) is 0.385. The largest absolute Gasteiger partial charge is 0.491 e. The molecule has 1 aromatic rings. The zero-order chi connectivity index (χ0) is 13.1. The molecule has 2 atom stereocenters. The number of hydrogen-bond donors (Lipinski definition) is 2. The molecular formula is C13H16F2N2O. The summed E-state index contributed by atoms with van der Waals surface area (Å²) in [5.74, 6) is -0.438. The van der Waals surface area contributed by atoms with Crippen LogP contribution in [0.1, 0.15) is 13.3 Å². The molecule has 1 aliphatic heterocycles. The fourth-order valence-electron chi connectivity index (χ4n) is 2.03. The Balaban J connectivity index is 1.90. The summed E-state index contributed by atoms with van der Waals surface area (Å²) in [6.07, 6.45) is 2.63. The highest BCUT2D eigenvalue weighted by molar-refractivity contribution is 5.23. The maximum absolute atomic E-state index is 13.0. The molecule has 18 heavy (non-hydrogen) atoms. The van der Waals surface area contributed by atoms with Gasteiger partial charge in [-0.25, -0.2) is 8.78 Å². The second-order valence-corrected chi connectivity index (χ2v) is 4.50. The van der Waals surface area contributed by atoms with Gasteiger partial charge in [0.15, 0.2) is 11.6 Å². The summed E-state index contributed by atoms with van der Waals surface area (Å²) in [7, 11) is 0. The van der Waals surface area contributed by atoms with E-state index in [1.165, 1.54) is 6.07 Å². The van der Waals surface area contributed by atoms with Crippen molar-refractivity contribution in [2.75, 3.05) is 6.54 Å². The minimum atomic E-state index is -0.897. The van der Waals surface area contributed by atoms with Gasteiger partial charge in [-0.1, -0.05) is 0 Å². The maximum Gasteiger partial charge on any atom is 0.162 e. The van der Waals surface area contributed by atoms with Crippen molar-refractivity contribution >= 4 is 0 Å². The van der Waals surface area contributed by atoms with E-state index in [1.807, 2.05) is 13.0 Å². The smallest absolute Gasteiger partial charge is 0.162 e. The highest BCUT2D eigenvalue weighted by Crippen LogP contribution is 2.20. The monoisotopic (exact) mass is 254 g/mol. The molecule has 0 aromatic heterocycles. The number of rotatable bonds is 4. The van der Waals surface area contributed by atoms with Crippen molar-refractivity contribution in [3.8, 4) is 5.75 Å². The zero-order valence-electron chi connectivity index (χ0n) is 10.1. The van der Waals surface area contributed by atoms with Gasteiger partial charge in [-0.2, -0.15) is 0 Å². The third kappa shape index (κ3) is 3.12. The Bertz CT molecular complexity index is 462. The number of hydrogen-bond acceptors (Lipinski definition) is 3. The summed E-state index contributed by atoms with van der Waals surface area (Å²) in [6, 6.07) is 3.54. The molecule has 0 radical (unpaired) electrons. The Kier molecular flexibility index (Phi) is 3.69. The molecule has 3 N–H and O–H groups in total. The quantitative estimate of drug-likeness (QED) is 0.865. The van der Waals surface area contributed by atoms with E-state index in [4.69, 9.17) is 10.5 Å². The van der Waals surface area contributed by atoms with Gasteiger partial charge in [0, 0.05) is 18.5 Å². The van der Waals surface area contributed by atoms with Crippen molar-refractivity contribution < 1.29 is 13.5 Å². The first-order chi connectivity index (χ1) is 8.54. The molecule has 3 nitrogen and oxygen atoms in total. The Morgan fingerprint density at radius 1 is 1.44 bits per heavy atom. The summed E-state index contributed by atoms with van der Waals surface area (Å²) in [5, 5.41) is 3.03. The van der Waals surface area contributed by atoms with E-state index in [1.54, 1.807) is 0 Å². The molecule has 1 heterocycles. The van der Waals surface area contributed by atoms with Crippen LogP contribution in [0, 0.1) is 17.6 Å². The molecule has 98 valence electrons. The van der Waals surface area contributed by atoms with Gasteiger partial charge in [0.2, 0.25) is 0 Å². The third-order valence-corrected chi connectivity index (χ3v) is 2.85. The molecule has 0 saturated carbocycles. The van der Waals surface area contributed by atoms with E-state index in [2.05, 4.69) is 5.32 Å². The van der Waals surface area contributed by atoms with Crippen LogP contribution >= 0.6 is 0 Å². The predicted octanol–water partition coefficient (Wildman–Crippen LogP) is 2.14. The Morgan fingerprint density at radius 3 is 2.83 bits per heavy atom. The van der Waals surface area contributed by atoms with Gasteiger partial charge >= 0.3 is 0 Å². The normalized spacial score (nSPS) is 20.2. The molecular weight excluding hydrogens is 238 g/mol. The molecule has 0 unspecified atom stereocenters. The van der Waals surface area contributed by atoms with Gasteiger partial charge in [0.1, 0.15) is 5.75 Å². The molecule has 1 aromatic carbocycles. The van der Waals surface area contributed by atoms with E-state index < -0.39 is 11.6 Å². The van der Waals surface area contributed by atoms with Crippen LogP contribution in [0.25, 0.3) is 0 Å². The predicted molar refractivity (Wildman–Crippen MR) is 64.8 cm³/mol. The van der Waals surface area contributed by atoms with Crippen LogP contribution in [0.3, 0.4) is 0 Å². The molecule has 0 spiro atoms. The van der Waals surface area contributed by atoms with Crippen molar-refractivity contribution in [3.05, 3.63) is 41.7 Å². The molecule has 0 aliphatic carbocycles. The minimum Gasteiger partial charge on any atom is -0.491 e. The topological polar surface area (TPSA) is 47.3 Å². The van der Waals surface area contributed by atoms with Gasteiger partial charge in [0.05, 0.1) is 11.9 Å². The van der Waals surface area contributed by atoms with Gasteiger partial charge < -0.3 is 15.8 Å². The van der Waals surface area contributed by atoms with Gasteiger partial charge in [-0.15, -0.1) is 0 Å². The van der Waals surface area contributed by atoms with E-state index >= 15 is 0 Å². The molecule has 5 heteroatoms. The molecule has 0 saturated heterocycles. The molecule has 0 bridgehead atoms. The Labute approximate surface area is 105 Å². The summed E-state index contributed by atoms with van der Waals surface area (Å²) < 4.78 is 31.3. The van der Waals surface area contributed by atoms with Gasteiger partial charge in [-0.05, 0) is 31.6 Å². The van der Waals surface area contributed by atoms with Crippen LogP contribution in [-0.2, 0) is 0 Å². The summed E-state index contributed by atoms with van der Waals surface area (Å²) >= 11 is 0. The Hall–Kier alpha value is -1.78. The highest BCUT2D eigenvalue weighted by atomic mass is 19.2. The van der Waals surface area contributed by atoms with E-state index in [0.29, 0.717) is 17.5 Å². The molecule has 0 fully saturated rings. The first-order valence-electron chi connectivity index (χ1n) is 5.87. The summed E-state index contributed by atoms with van der Waals surface area (Å²) in [4.78, 5) is 0. The van der Waals surface area contributed by atoms with Gasteiger partial charge in [-0.3, -0.25) is 0 Å². The fourth-order valence-corrected chi connectivity index (χ4v) is 2.03. The molecule has 2 rings (SSSR count). The lowest BCUT2D eigenvalue weighted by atomic mass is 10.0. The zero-order valence-corrected chi connectivity index (χ0v) is 10.1. The van der Waals surface area contributed by atoms with E-state index in [0.717, 1.165) is 25.1 Å². The molecule has 0 amide bonds. The third-order valence-electron chi connectivity index (χ3n) is 2.85. The van der Waals surface area contributed by atoms with Crippen LogP contribution in [0.4, 0.5) is 8.78 Å². The van der Waals surface area contributed by atoms with Crippen LogP contribution in [0.2, 0.25) is 0 Å². The SMILES string of the molecule is C[C@@H](C[C@H]1C=C(N)NC1)Oc1ccc(F)c(F)c1. The van der Waals surface area contributed by atoms with Crippen molar-refractivity contribution in [2.45, 2.75) is 19.4 Å². The first-order valence-corrected chi connectivity index (χ1v) is 5.87. The number of benzene rings is 1. The average Bonchev–Trinajstić information content (AvgIpc) is 2.69. The lowest BCUT2D eigenvalue weighted by molar-refractivity contribution is 0.195. The second-order valence-electron chi connectivity index (χ2n) is 4.50. The average molecular weight is 254 g/mol. The van der Waals surface area contributed by atoms with Gasteiger partial charge in [0.25, 0.3) is 0 Å². The van der Waals surface area contributed by atoms with E-state index in [-0.39, 0.29) is 6.10 Å². The van der Waals surface area contributed by atoms with Crippen LogP contribution in [0.15, 0.2) is 30.1 Å².